The zero-order valence-corrected chi connectivity index (χ0v) is 8.12. The summed E-state index contributed by atoms with van der Waals surface area (Å²) in [6.07, 6.45) is 0. The lowest BCUT2D eigenvalue weighted by atomic mass is 10.1. The predicted molar refractivity (Wildman–Crippen MR) is 58.8 cm³/mol. The minimum atomic E-state index is 0.492. The van der Waals surface area contributed by atoms with Crippen LogP contribution in [0.3, 0.4) is 0 Å². The van der Waals surface area contributed by atoms with Crippen LogP contribution >= 0.6 is 0 Å². The molecule has 0 amide bonds. The maximum Gasteiger partial charge on any atom is 0.131 e. The Labute approximate surface area is 82.7 Å². The van der Waals surface area contributed by atoms with Crippen molar-refractivity contribution in [3.63, 3.8) is 0 Å². The quantitative estimate of drug-likeness (QED) is 0.712. The van der Waals surface area contributed by atoms with Crippen LogP contribution in [-0.4, -0.2) is 4.98 Å². The molecule has 0 aliphatic rings. The van der Waals surface area contributed by atoms with Crippen LogP contribution in [0.1, 0.15) is 11.3 Å². The van der Waals surface area contributed by atoms with Gasteiger partial charge in [0.05, 0.1) is 0 Å². The molecule has 72 valence electrons. The second-order valence-corrected chi connectivity index (χ2v) is 3.37. The average Bonchev–Trinajstić information content (AvgIpc) is 2.16. The number of benzene rings is 1. The number of aromatic nitrogens is 1. The number of nitrogens with zero attached hydrogens (tertiary/aromatic N) is 1. The maximum atomic E-state index is 5.87. The number of pyridine rings is 1. The summed E-state index contributed by atoms with van der Waals surface area (Å²) in [4.78, 5) is 4.23. The Morgan fingerprint density at radius 3 is 2.86 bits per heavy atom. The molecule has 0 aliphatic heterocycles. The molecule has 14 heavy (non-hydrogen) atoms. The van der Waals surface area contributed by atoms with Gasteiger partial charge in [0.15, 0.2) is 0 Å². The van der Waals surface area contributed by atoms with E-state index in [0.717, 1.165) is 22.0 Å². The maximum absolute atomic E-state index is 5.87. The van der Waals surface area contributed by atoms with Crippen LogP contribution in [-0.2, 0) is 6.54 Å². The molecule has 3 nitrogen and oxygen atoms in total. The van der Waals surface area contributed by atoms with Crippen molar-refractivity contribution >= 4 is 16.6 Å². The third kappa shape index (κ3) is 1.32. The highest BCUT2D eigenvalue weighted by atomic mass is 14.8. The van der Waals surface area contributed by atoms with Gasteiger partial charge in [-0.2, -0.15) is 0 Å². The first-order chi connectivity index (χ1) is 6.72. The molecule has 0 fully saturated rings. The zero-order valence-electron chi connectivity index (χ0n) is 8.12. The van der Waals surface area contributed by atoms with E-state index in [-0.39, 0.29) is 0 Å². The Morgan fingerprint density at radius 1 is 1.36 bits per heavy atom. The number of anilines is 1. The van der Waals surface area contributed by atoms with Crippen LogP contribution in [0.4, 0.5) is 5.82 Å². The highest BCUT2D eigenvalue weighted by Crippen LogP contribution is 2.23. The molecule has 1 aromatic heterocycles. The van der Waals surface area contributed by atoms with Crippen molar-refractivity contribution in [1.29, 1.82) is 0 Å². The average molecular weight is 187 g/mol. The lowest BCUT2D eigenvalue weighted by molar-refractivity contribution is 1.08. The number of fused-ring (bicyclic) bond motifs is 1. The second-order valence-electron chi connectivity index (χ2n) is 3.37. The molecular formula is C11H13N3. The first-order valence-corrected chi connectivity index (χ1v) is 4.57. The van der Waals surface area contributed by atoms with E-state index in [1.165, 1.54) is 0 Å². The normalized spacial score (nSPS) is 10.7. The largest absolute Gasteiger partial charge is 0.383 e. The van der Waals surface area contributed by atoms with Crippen LogP contribution < -0.4 is 11.5 Å². The third-order valence-electron chi connectivity index (χ3n) is 2.32. The van der Waals surface area contributed by atoms with Crippen molar-refractivity contribution in [3.8, 4) is 0 Å². The summed E-state index contributed by atoms with van der Waals surface area (Å²) < 4.78 is 0. The molecular weight excluding hydrogens is 174 g/mol. The van der Waals surface area contributed by atoms with Gasteiger partial charge in [0.25, 0.3) is 0 Å². The van der Waals surface area contributed by atoms with Gasteiger partial charge < -0.3 is 11.5 Å². The summed E-state index contributed by atoms with van der Waals surface area (Å²) >= 11 is 0. The van der Waals surface area contributed by atoms with Gasteiger partial charge in [-0.05, 0) is 23.9 Å². The third-order valence-corrected chi connectivity index (χ3v) is 2.32. The van der Waals surface area contributed by atoms with E-state index < -0.39 is 0 Å². The molecule has 2 rings (SSSR count). The molecule has 1 heterocycles. The first kappa shape index (κ1) is 8.97. The Kier molecular flexibility index (Phi) is 2.09. The zero-order chi connectivity index (χ0) is 10.1. The smallest absolute Gasteiger partial charge is 0.131 e. The van der Waals surface area contributed by atoms with Crippen LogP contribution in [0, 0.1) is 6.92 Å². The van der Waals surface area contributed by atoms with Crippen LogP contribution in [0.15, 0.2) is 24.3 Å². The van der Waals surface area contributed by atoms with Gasteiger partial charge in [-0.3, -0.25) is 0 Å². The SMILES string of the molecule is Cc1cc2cccc(CN)c2c(N)n1. The van der Waals surface area contributed by atoms with Gasteiger partial charge in [0.2, 0.25) is 0 Å². The lowest BCUT2D eigenvalue weighted by Gasteiger charge is -2.07. The molecule has 0 atom stereocenters. The molecule has 0 saturated heterocycles. The molecule has 4 N–H and O–H groups in total. The second kappa shape index (κ2) is 3.27. The van der Waals surface area contributed by atoms with Crippen molar-refractivity contribution in [2.45, 2.75) is 13.5 Å². The van der Waals surface area contributed by atoms with E-state index in [4.69, 9.17) is 11.5 Å². The topological polar surface area (TPSA) is 64.9 Å². The van der Waals surface area contributed by atoms with E-state index >= 15 is 0 Å². The van der Waals surface area contributed by atoms with Crippen molar-refractivity contribution in [3.05, 3.63) is 35.5 Å². The minimum Gasteiger partial charge on any atom is -0.383 e. The predicted octanol–water partition coefficient (Wildman–Crippen LogP) is 1.58. The standard InChI is InChI=1S/C11H13N3/c1-7-5-8-3-2-4-9(6-12)10(8)11(13)14-7/h2-5H,6,12H2,1H3,(H2,13,14). The molecule has 0 bridgehead atoms. The molecule has 0 radical (unpaired) electrons. The number of nitrogen functional groups attached to an aromatic ring is 1. The molecule has 3 heteroatoms. The van der Waals surface area contributed by atoms with Crippen molar-refractivity contribution in [1.82, 2.24) is 4.98 Å². The van der Waals surface area contributed by atoms with Crippen molar-refractivity contribution in [2.24, 2.45) is 5.73 Å². The fraction of sp³-hybridized carbons (Fsp3) is 0.182. The fourth-order valence-electron chi connectivity index (χ4n) is 1.73. The molecule has 0 saturated carbocycles. The summed E-state index contributed by atoms with van der Waals surface area (Å²) in [5, 5.41) is 2.10. The number of rotatable bonds is 1. The Bertz CT molecular complexity index is 477. The van der Waals surface area contributed by atoms with Crippen molar-refractivity contribution < 1.29 is 0 Å². The summed E-state index contributed by atoms with van der Waals surface area (Å²) in [5.41, 5.74) is 13.5. The number of hydrogen-bond donors (Lipinski definition) is 2. The highest BCUT2D eigenvalue weighted by Gasteiger charge is 2.04. The van der Waals surface area contributed by atoms with Crippen molar-refractivity contribution in [2.75, 3.05) is 5.73 Å². The Balaban J connectivity index is 2.87. The van der Waals surface area contributed by atoms with Crippen LogP contribution in [0.25, 0.3) is 10.8 Å². The van der Waals surface area contributed by atoms with Gasteiger partial charge in [-0.15, -0.1) is 0 Å². The van der Waals surface area contributed by atoms with E-state index in [2.05, 4.69) is 4.98 Å². The van der Waals surface area contributed by atoms with Crippen LogP contribution in [0.5, 0.6) is 0 Å². The minimum absolute atomic E-state index is 0.492. The fourth-order valence-corrected chi connectivity index (χ4v) is 1.73. The van der Waals surface area contributed by atoms with Gasteiger partial charge in [-0.1, -0.05) is 18.2 Å². The monoisotopic (exact) mass is 187 g/mol. The Morgan fingerprint density at radius 2 is 2.14 bits per heavy atom. The van der Waals surface area contributed by atoms with Gasteiger partial charge in [0, 0.05) is 17.6 Å². The molecule has 2 aromatic rings. The summed E-state index contributed by atoms with van der Waals surface area (Å²) in [7, 11) is 0. The molecule has 0 aliphatic carbocycles. The van der Waals surface area contributed by atoms with E-state index in [9.17, 15) is 0 Å². The van der Waals surface area contributed by atoms with Gasteiger partial charge >= 0.3 is 0 Å². The molecule has 0 spiro atoms. The van der Waals surface area contributed by atoms with Gasteiger partial charge in [0.1, 0.15) is 5.82 Å². The van der Waals surface area contributed by atoms with Gasteiger partial charge in [-0.25, -0.2) is 4.98 Å². The number of hydrogen-bond acceptors (Lipinski definition) is 3. The number of aryl methyl sites for hydroxylation is 1. The lowest BCUT2D eigenvalue weighted by Crippen LogP contribution is -2.01. The summed E-state index contributed by atoms with van der Waals surface area (Å²) in [6, 6.07) is 8.02. The van der Waals surface area contributed by atoms with E-state index in [1.807, 2.05) is 31.2 Å². The highest BCUT2D eigenvalue weighted by molar-refractivity contribution is 5.94. The van der Waals surface area contributed by atoms with Crippen LogP contribution in [0.2, 0.25) is 0 Å². The molecule has 1 aromatic carbocycles. The van der Waals surface area contributed by atoms with E-state index in [0.29, 0.717) is 12.4 Å². The van der Waals surface area contributed by atoms with E-state index in [1.54, 1.807) is 0 Å². The molecule has 0 unspecified atom stereocenters. The summed E-state index contributed by atoms with van der Waals surface area (Å²) in [6.45, 7) is 2.43. The first-order valence-electron chi connectivity index (χ1n) is 4.57. The number of nitrogens with two attached hydrogens (primary N) is 2. The summed E-state index contributed by atoms with van der Waals surface area (Å²) in [5.74, 6) is 0.570. The Hall–Kier alpha value is -1.61.